The van der Waals surface area contributed by atoms with Gasteiger partial charge in [-0.3, -0.25) is 14.0 Å². The molecule has 4 rings (SSSR count). The average Bonchev–Trinajstić information content (AvgIpc) is 3.11. The molecule has 0 unspecified atom stereocenters. The van der Waals surface area contributed by atoms with Gasteiger partial charge in [0.2, 0.25) is 5.82 Å². The van der Waals surface area contributed by atoms with Crippen LogP contribution >= 0.6 is 0 Å². The number of benzene rings is 1. The number of carbonyl (C=O) groups is 2. The third kappa shape index (κ3) is 3.26. The Morgan fingerprint density at radius 1 is 1.00 bits per heavy atom. The van der Waals surface area contributed by atoms with Crippen LogP contribution in [0, 0.1) is 13.8 Å². The monoisotopic (exact) mass is 376 g/mol. The molecule has 0 radical (unpaired) electrons. The van der Waals surface area contributed by atoms with Crippen LogP contribution < -0.4 is 5.32 Å². The summed E-state index contributed by atoms with van der Waals surface area (Å²) >= 11 is 0. The van der Waals surface area contributed by atoms with Crippen LogP contribution in [-0.2, 0) is 0 Å². The molecule has 3 aromatic rings. The van der Waals surface area contributed by atoms with Gasteiger partial charge >= 0.3 is 0 Å². The van der Waals surface area contributed by atoms with Gasteiger partial charge in [0.05, 0.1) is 5.52 Å². The highest BCUT2D eigenvalue weighted by Crippen LogP contribution is 2.21. The molecular weight excluding hydrogens is 352 g/mol. The topological polar surface area (TPSA) is 66.7 Å². The summed E-state index contributed by atoms with van der Waals surface area (Å²) in [6, 6.07) is 11.3. The molecule has 1 fully saturated rings. The number of anilines is 1. The van der Waals surface area contributed by atoms with Crippen LogP contribution in [0.4, 0.5) is 5.69 Å². The summed E-state index contributed by atoms with van der Waals surface area (Å²) in [6.45, 7) is 5.47. The quantitative estimate of drug-likeness (QED) is 0.755. The van der Waals surface area contributed by atoms with Gasteiger partial charge in [-0.05, 0) is 62.4 Å². The van der Waals surface area contributed by atoms with E-state index in [1.807, 2.05) is 55.1 Å². The van der Waals surface area contributed by atoms with Crippen LogP contribution in [0.2, 0.25) is 0 Å². The zero-order valence-electron chi connectivity index (χ0n) is 16.2. The summed E-state index contributed by atoms with van der Waals surface area (Å²) in [5.41, 5.74) is 3.87. The minimum Gasteiger partial charge on any atom is -0.337 e. The van der Waals surface area contributed by atoms with Gasteiger partial charge in [-0.2, -0.15) is 0 Å². The van der Waals surface area contributed by atoms with Crippen LogP contribution in [0.15, 0.2) is 42.6 Å². The first-order chi connectivity index (χ1) is 13.6. The van der Waals surface area contributed by atoms with Gasteiger partial charge in [0.1, 0.15) is 0 Å². The fraction of sp³-hybridized carbons (Fsp3) is 0.318. The van der Waals surface area contributed by atoms with Gasteiger partial charge < -0.3 is 10.2 Å². The normalized spacial score (nSPS) is 14.3. The van der Waals surface area contributed by atoms with Crippen molar-refractivity contribution in [3.63, 3.8) is 0 Å². The molecule has 1 aromatic carbocycles. The molecule has 3 heterocycles. The van der Waals surface area contributed by atoms with Gasteiger partial charge in [-0.15, -0.1) is 0 Å². The lowest BCUT2D eigenvalue weighted by Crippen LogP contribution is -2.36. The molecule has 0 aliphatic carbocycles. The summed E-state index contributed by atoms with van der Waals surface area (Å²) in [7, 11) is 0. The van der Waals surface area contributed by atoms with E-state index in [2.05, 4.69) is 10.3 Å². The largest absolute Gasteiger partial charge is 0.337 e. The molecule has 6 heteroatoms. The van der Waals surface area contributed by atoms with Crippen LogP contribution in [0.25, 0.3) is 5.52 Å². The molecule has 2 aromatic heterocycles. The number of hydrogen-bond acceptors (Lipinski definition) is 3. The summed E-state index contributed by atoms with van der Waals surface area (Å²) in [5.74, 6) is -0.210. The number of aryl methyl sites for hydroxylation is 1. The number of rotatable bonds is 3. The fourth-order valence-electron chi connectivity index (χ4n) is 3.67. The smallest absolute Gasteiger partial charge is 0.292 e. The minimum absolute atomic E-state index is 0.103. The molecule has 28 heavy (non-hydrogen) atoms. The first kappa shape index (κ1) is 18.2. The number of nitrogens with zero attached hydrogens (tertiary/aromatic N) is 3. The summed E-state index contributed by atoms with van der Waals surface area (Å²) < 4.78 is 1.69. The van der Waals surface area contributed by atoms with Crippen LogP contribution in [0.5, 0.6) is 0 Å². The molecule has 6 nitrogen and oxygen atoms in total. The number of imidazole rings is 1. The van der Waals surface area contributed by atoms with Crippen molar-refractivity contribution in [2.75, 3.05) is 18.4 Å². The Hall–Kier alpha value is -3.15. The predicted octanol–water partition coefficient (Wildman–Crippen LogP) is 3.83. The average molecular weight is 376 g/mol. The fourth-order valence-corrected chi connectivity index (χ4v) is 3.67. The maximum absolute atomic E-state index is 13.0. The standard InChI is InChI=1S/C22H24N4O2/c1-15-9-8-10-17(16(15)2)23-21(27)20-24-19(18-11-4-7-14-26(18)20)22(28)25-12-5-3-6-13-25/h4,7-11,14H,3,5-6,12-13H2,1-2H3,(H,23,27). The van der Waals surface area contributed by atoms with Crippen molar-refractivity contribution < 1.29 is 9.59 Å². The van der Waals surface area contributed by atoms with E-state index in [9.17, 15) is 9.59 Å². The van der Waals surface area contributed by atoms with Crippen molar-refractivity contribution in [1.29, 1.82) is 0 Å². The number of hydrogen-bond donors (Lipinski definition) is 1. The lowest BCUT2D eigenvalue weighted by Gasteiger charge is -2.25. The van der Waals surface area contributed by atoms with E-state index in [4.69, 9.17) is 0 Å². The molecule has 0 bridgehead atoms. The Morgan fingerprint density at radius 3 is 2.57 bits per heavy atom. The number of carbonyl (C=O) groups excluding carboxylic acids is 2. The SMILES string of the molecule is Cc1cccc(NC(=O)c2nc(C(=O)N3CCCCC3)c3ccccn23)c1C. The number of likely N-dealkylation sites (tertiary alicyclic amines) is 1. The van der Waals surface area contributed by atoms with Crippen LogP contribution in [0.1, 0.15) is 51.5 Å². The second-order valence-electron chi connectivity index (χ2n) is 7.29. The molecule has 0 atom stereocenters. The highest BCUT2D eigenvalue weighted by molar-refractivity contribution is 6.06. The van der Waals surface area contributed by atoms with Crippen molar-refractivity contribution in [3.05, 3.63) is 65.2 Å². The van der Waals surface area contributed by atoms with Gasteiger partial charge in [0.15, 0.2) is 5.69 Å². The molecule has 0 saturated carbocycles. The van der Waals surface area contributed by atoms with Crippen molar-refractivity contribution in [3.8, 4) is 0 Å². The molecule has 1 N–H and O–H groups in total. The van der Waals surface area contributed by atoms with Gasteiger partial charge in [-0.1, -0.05) is 18.2 Å². The predicted molar refractivity (Wildman–Crippen MR) is 109 cm³/mol. The summed E-state index contributed by atoms with van der Waals surface area (Å²) in [4.78, 5) is 32.3. The third-order valence-electron chi connectivity index (χ3n) is 5.45. The molecular formula is C22H24N4O2. The highest BCUT2D eigenvalue weighted by atomic mass is 16.2. The van der Waals surface area contributed by atoms with E-state index < -0.39 is 0 Å². The zero-order chi connectivity index (χ0) is 19.7. The number of nitrogens with one attached hydrogen (secondary N) is 1. The first-order valence-electron chi connectivity index (χ1n) is 9.70. The highest BCUT2D eigenvalue weighted by Gasteiger charge is 2.26. The Labute approximate surface area is 164 Å². The second-order valence-corrected chi connectivity index (χ2v) is 7.29. The molecule has 0 spiro atoms. The maximum atomic E-state index is 13.0. The Balaban J connectivity index is 1.70. The molecule has 1 aliphatic rings. The lowest BCUT2D eigenvalue weighted by atomic mass is 10.1. The van der Waals surface area contributed by atoms with Crippen LogP contribution in [-0.4, -0.2) is 39.2 Å². The molecule has 1 saturated heterocycles. The second kappa shape index (κ2) is 7.46. The number of piperidine rings is 1. The first-order valence-corrected chi connectivity index (χ1v) is 9.70. The minimum atomic E-state index is -0.326. The van der Waals surface area contributed by atoms with Crippen molar-refractivity contribution in [1.82, 2.24) is 14.3 Å². The van der Waals surface area contributed by atoms with E-state index >= 15 is 0 Å². The number of fused-ring (bicyclic) bond motifs is 1. The molecule has 2 amide bonds. The Bertz CT molecular complexity index is 1050. The lowest BCUT2D eigenvalue weighted by molar-refractivity contribution is 0.0721. The van der Waals surface area contributed by atoms with Gasteiger partial charge in [0.25, 0.3) is 11.8 Å². The number of pyridine rings is 1. The molecule has 1 aliphatic heterocycles. The number of amides is 2. The van der Waals surface area contributed by atoms with Crippen molar-refractivity contribution >= 4 is 23.0 Å². The molecule has 144 valence electrons. The van der Waals surface area contributed by atoms with Crippen molar-refractivity contribution in [2.24, 2.45) is 0 Å². The van der Waals surface area contributed by atoms with E-state index in [-0.39, 0.29) is 17.6 Å². The zero-order valence-corrected chi connectivity index (χ0v) is 16.2. The van der Waals surface area contributed by atoms with E-state index in [1.54, 1.807) is 10.6 Å². The maximum Gasteiger partial charge on any atom is 0.292 e. The van der Waals surface area contributed by atoms with Crippen molar-refractivity contribution in [2.45, 2.75) is 33.1 Å². The summed E-state index contributed by atoms with van der Waals surface area (Å²) in [6.07, 6.45) is 4.94. The number of aromatic nitrogens is 2. The van der Waals surface area contributed by atoms with Crippen LogP contribution in [0.3, 0.4) is 0 Å². The van der Waals surface area contributed by atoms with Gasteiger partial charge in [0, 0.05) is 25.0 Å². The summed E-state index contributed by atoms with van der Waals surface area (Å²) in [5, 5.41) is 2.94. The third-order valence-corrected chi connectivity index (χ3v) is 5.45. The Kier molecular flexibility index (Phi) is 4.86. The Morgan fingerprint density at radius 2 is 1.79 bits per heavy atom. The van der Waals surface area contributed by atoms with E-state index in [0.717, 1.165) is 49.2 Å². The van der Waals surface area contributed by atoms with E-state index in [1.165, 1.54) is 0 Å². The van der Waals surface area contributed by atoms with Gasteiger partial charge in [-0.25, -0.2) is 4.98 Å². The van der Waals surface area contributed by atoms with E-state index in [0.29, 0.717) is 11.2 Å².